The van der Waals surface area contributed by atoms with Crippen molar-refractivity contribution in [3.05, 3.63) is 11.9 Å². The van der Waals surface area contributed by atoms with E-state index in [-0.39, 0.29) is 12.1 Å². The van der Waals surface area contributed by atoms with Gasteiger partial charge in [0.25, 0.3) is 0 Å². The topological polar surface area (TPSA) is 68.8 Å². The maximum absolute atomic E-state index is 12.2. The molecule has 0 spiro atoms. The van der Waals surface area contributed by atoms with Gasteiger partial charge in [-0.25, -0.2) is 5.43 Å². The number of nitrogens with two attached hydrogens (primary N) is 1. The van der Waals surface area contributed by atoms with E-state index >= 15 is 0 Å². The minimum Gasteiger partial charge on any atom is -0.271 e. The Morgan fingerprint density at radius 3 is 2.64 bits per heavy atom. The Labute approximate surface area is 78.0 Å². The van der Waals surface area contributed by atoms with Crippen LogP contribution in [-0.2, 0) is 13.5 Å². The highest BCUT2D eigenvalue weighted by molar-refractivity contribution is 4.97. The fraction of sp³-hybridized carbons (Fsp3) is 0.667. The van der Waals surface area contributed by atoms with Gasteiger partial charge in [0.15, 0.2) is 0 Å². The quantitative estimate of drug-likeness (QED) is 0.532. The van der Waals surface area contributed by atoms with E-state index in [0.29, 0.717) is 0 Å². The Morgan fingerprint density at radius 2 is 2.29 bits per heavy atom. The Balaban J connectivity index is 2.66. The van der Waals surface area contributed by atoms with Crippen LogP contribution in [-0.4, -0.2) is 27.2 Å². The second kappa shape index (κ2) is 3.93. The van der Waals surface area contributed by atoms with Gasteiger partial charge >= 0.3 is 6.18 Å². The van der Waals surface area contributed by atoms with E-state index in [2.05, 4.69) is 10.3 Å². The molecule has 80 valence electrons. The summed E-state index contributed by atoms with van der Waals surface area (Å²) in [5.41, 5.74) is 1.94. The molecule has 0 radical (unpaired) electrons. The lowest BCUT2D eigenvalue weighted by Gasteiger charge is -2.17. The second-order valence-electron chi connectivity index (χ2n) is 2.85. The molecule has 1 atom stereocenters. The minimum absolute atomic E-state index is 0.243. The number of alkyl halides is 3. The van der Waals surface area contributed by atoms with Crippen LogP contribution in [0.2, 0.25) is 0 Å². The minimum atomic E-state index is -4.38. The van der Waals surface area contributed by atoms with E-state index in [1.165, 1.54) is 10.9 Å². The molecular formula is C6H10F3N5. The third kappa shape index (κ3) is 2.67. The van der Waals surface area contributed by atoms with Crippen LogP contribution in [0.5, 0.6) is 0 Å². The van der Waals surface area contributed by atoms with Crippen molar-refractivity contribution in [2.24, 2.45) is 12.9 Å². The Hall–Kier alpha value is -1.15. The van der Waals surface area contributed by atoms with Crippen molar-refractivity contribution in [2.45, 2.75) is 18.6 Å². The summed E-state index contributed by atoms with van der Waals surface area (Å²) >= 11 is 0. The predicted molar refractivity (Wildman–Crippen MR) is 41.9 cm³/mol. The van der Waals surface area contributed by atoms with Crippen molar-refractivity contribution < 1.29 is 13.2 Å². The standard InChI is InChI=1S/C6H10F3N5/c1-14-3-4(12-13-14)2-5(11-10)6(7,8)9/h3,5,11H,2,10H2,1H3. The number of nitrogens with zero attached hydrogens (tertiary/aromatic N) is 3. The first-order valence-electron chi connectivity index (χ1n) is 3.81. The summed E-state index contributed by atoms with van der Waals surface area (Å²) in [6.07, 6.45) is -3.30. The highest BCUT2D eigenvalue weighted by atomic mass is 19.4. The van der Waals surface area contributed by atoms with Crippen LogP contribution in [0, 0.1) is 0 Å². The molecule has 0 saturated heterocycles. The Kier molecular flexibility index (Phi) is 3.06. The monoisotopic (exact) mass is 209 g/mol. The van der Waals surface area contributed by atoms with Crippen LogP contribution in [0.25, 0.3) is 0 Å². The van der Waals surface area contributed by atoms with Gasteiger partial charge in [-0.1, -0.05) is 5.21 Å². The molecule has 0 aliphatic carbocycles. The third-order valence-corrected chi connectivity index (χ3v) is 1.66. The number of aryl methyl sites for hydroxylation is 1. The number of rotatable bonds is 3. The first-order valence-corrected chi connectivity index (χ1v) is 3.81. The molecule has 0 saturated carbocycles. The lowest BCUT2D eigenvalue weighted by atomic mass is 10.2. The molecule has 0 amide bonds. The van der Waals surface area contributed by atoms with Crippen molar-refractivity contribution >= 4 is 0 Å². The first-order chi connectivity index (χ1) is 6.43. The lowest BCUT2D eigenvalue weighted by molar-refractivity contribution is -0.155. The van der Waals surface area contributed by atoms with Gasteiger partial charge in [0, 0.05) is 19.7 Å². The molecule has 14 heavy (non-hydrogen) atoms. The smallest absolute Gasteiger partial charge is 0.271 e. The van der Waals surface area contributed by atoms with Crippen LogP contribution >= 0.6 is 0 Å². The van der Waals surface area contributed by atoms with Gasteiger partial charge in [0.05, 0.1) is 5.69 Å². The van der Waals surface area contributed by atoms with Crippen LogP contribution in [0.4, 0.5) is 13.2 Å². The van der Waals surface area contributed by atoms with Crippen LogP contribution in [0.15, 0.2) is 6.20 Å². The molecule has 5 nitrogen and oxygen atoms in total. The Morgan fingerprint density at radius 1 is 1.64 bits per heavy atom. The summed E-state index contributed by atoms with van der Waals surface area (Å²) in [6, 6.07) is -1.79. The van der Waals surface area contributed by atoms with Gasteiger partial charge in [0.1, 0.15) is 6.04 Å². The first kappa shape index (κ1) is 10.9. The lowest BCUT2D eigenvalue weighted by Crippen LogP contribution is -2.47. The van der Waals surface area contributed by atoms with E-state index in [1.807, 2.05) is 0 Å². The second-order valence-corrected chi connectivity index (χ2v) is 2.85. The molecule has 1 rings (SSSR count). The molecule has 1 aromatic rings. The molecule has 0 aromatic carbocycles. The highest BCUT2D eigenvalue weighted by Gasteiger charge is 2.39. The number of nitrogens with one attached hydrogen (secondary N) is 1. The Bertz CT molecular complexity index is 294. The molecule has 0 aliphatic rings. The fourth-order valence-corrected chi connectivity index (χ4v) is 0.967. The summed E-state index contributed by atoms with van der Waals surface area (Å²) in [4.78, 5) is 0. The zero-order valence-electron chi connectivity index (χ0n) is 7.41. The maximum atomic E-state index is 12.2. The number of aromatic nitrogens is 3. The summed E-state index contributed by atoms with van der Waals surface area (Å²) in [6.45, 7) is 0. The van der Waals surface area contributed by atoms with Crippen LogP contribution < -0.4 is 11.3 Å². The molecule has 0 fully saturated rings. The van der Waals surface area contributed by atoms with Crippen molar-refractivity contribution in [3.8, 4) is 0 Å². The molecule has 1 aromatic heterocycles. The summed E-state index contributed by atoms with van der Waals surface area (Å²) in [5, 5.41) is 7.05. The third-order valence-electron chi connectivity index (χ3n) is 1.66. The molecule has 8 heteroatoms. The number of halogens is 3. The van der Waals surface area contributed by atoms with Crippen molar-refractivity contribution in [1.82, 2.24) is 20.4 Å². The van der Waals surface area contributed by atoms with Crippen molar-refractivity contribution in [2.75, 3.05) is 0 Å². The van der Waals surface area contributed by atoms with E-state index < -0.39 is 12.2 Å². The van der Waals surface area contributed by atoms with Crippen LogP contribution in [0.3, 0.4) is 0 Å². The van der Waals surface area contributed by atoms with E-state index in [1.54, 1.807) is 12.5 Å². The summed E-state index contributed by atoms with van der Waals surface area (Å²) < 4.78 is 38.0. The van der Waals surface area contributed by atoms with Crippen LogP contribution in [0.1, 0.15) is 5.69 Å². The summed E-state index contributed by atoms with van der Waals surface area (Å²) in [5.74, 6) is 4.79. The van der Waals surface area contributed by atoms with E-state index in [4.69, 9.17) is 5.84 Å². The van der Waals surface area contributed by atoms with E-state index in [9.17, 15) is 13.2 Å². The van der Waals surface area contributed by atoms with Gasteiger partial charge in [-0.15, -0.1) is 5.10 Å². The van der Waals surface area contributed by atoms with Gasteiger partial charge in [-0.05, 0) is 0 Å². The average Bonchev–Trinajstić information content (AvgIpc) is 2.45. The predicted octanol–water partition coefficient (Wildman–Crippen LogP) is -0.248. The summed E-state index contributed by atoms with van der Waals surface area (Å²) in [7, 11) is 1.58. The molecular weight excluding hydrogens is 199 g/mol. The zero-order chi connectivity index (χ0) is 10.8. The zero-order valence-corrected chi connectivity index (χ0v) is 7.41. The van der Waals surface area contributed by atoms with Gasteiger partial charge in [-0.3, -0.25) is 10.5 Å². The average molecular weight is 209 g/mol. The molecule has 1 unspecified atom stereocenters. The number of hydrazine groups is 1. The maximum Gasteiger partial charge on any atom is 0.405 e. The highest BCUT2D eigenvalue weighted by Crippen LogP contribution is 2.21. The molecule has 3 N–H and O–H groups in total. The molecule has 0 aliphatic heterocycles. The largest absolute Gasteiger partial charge is 0.405 e. The normalized spacial score (nSPS) is 14.4. The number of hydrogen-bond donors (Lipinski definition) is 2. The molecule has 0 bridgehead atoms. The SMILES string of the molecule is Cn1cc(CC(NN)C(F)(F)F)nn1. The molecule has 1 heterocycles. The van der Waals surface area contributed by atoms with Crippen molar-refractivity contribution in [1.29, 1.82) is 0 Å². The van der Waals surface area contributed by atoms with Gasteiger partial charge in [0.2, 0.25) is 0 Å². The van der Waals surface area contributed by atoms with Gasteiger partial charge in [-0.2, -0.15) is 13.2 Å². The van der Waals surface area contributed by atoms with Gasteiger partial charge < -0.3 is 0 Å². The fourth-order valence-electron chi connectivity index (χ4n) is 0.967. The number of hydrogen-bond acceptors (Lipinski definition) is 4. The van der Waals surface area contributed by atoms with Crippen molar-refractivity contribution in [3.63, 3.8) is 0 Å². The van der Waals surface area contributed by atoms with E-state index in [0.717, 1.165) is 0 Å².